The summed E-state index contributed by atoms with van der Waals surface area (Å²) >= 11 is 0. The summed E-state index contributed by atoms with van der Waals surface area (Å²) in [6.07, 6.45) is 2.42. The average Bonchev–Trinajstić information content (AvgIpc) is 2.87. The fourth-order valence-electron chi connectivity index (χ4n) is 2.25. The fourth-order valence-corrected chi connectivity index (χ4v) is 2.25. The van der Waals surface area contributed by atoms with Crippen LogP contribution in [0.15, 0.2) is 16.7 Å². The van der Waals surface area contributed by atoms with Crippen LogP contribution in [0.1, 0.15) is 25.1 Å². The van der Waals surface area contributed by atoms with Gasteiger partial charge in [0.05, 0.1) is 22.1 Å². The minimum absolute atomic E-state index is 0.0108. The molecule has 3 rings (SSSR count). The number of anilines is 1. The van der Waals surface area contributed by atoms with Crippen molar-refractivity contribution >= 4 is 11.4 Å². The number of rotatable bonds is 3. The van der Waals surface area contributed by atoms with Gasteiger partial charge in [-0.3, -0.25) is 10.1 Å². The fraction of sp³-hybridized carbons (Fsp3) is 0.333. The zero-order valence-electron chi connectivity index (χ0n) is 10.9. The van der Waals surface area contributed by atoms with E-state index in [0.717, 1.165) is 31.4 Å². The van der Waals surface area contributed by atoms with Crippen LogP contribution < -0.4 is 11.5 Å². The summed E-state index contributed by atoms with van der Waals surface area (Å²) in [5.74, 6) is -0.589. The highest BCUT2D eigenvalue weighted by Crippen LogP contribution is 2.39. The molecule has 0 bridgehead atoms. The molecule has 0 unspecified atom stereocenters. The Kier molecular flexibility index (Phi) is 2.87. The molecule has 1 aromatic heterocycles. The van der Waals surface area contributed by atoms with E-state index in [1.165, 1.54) is 0 Å². The van der Waals surface area contributed by atoms with E-state index in [1.807, 2.05) is 0 Å². The number of nitrogen functional groups attached to an aromatic ring is 1. The Morgan fingerprint density at radius 1 is 1.43 bits per heavy atom. The van der Waals surface area contributed by atoms with Gasteiger partial charge in [0.1, 0.15) is 11.5 Å². The predicted octanol–water partition coefficient (Wildman–Crippen LogP) is 1.70. The lowest BCUT2D eigenvalue weighted by Gasteiger charge is -2.34. The summed E-state index contributed by atoms with van der Waals surface area (Å²) in [5.41, 5.74) is 10.3. The van der Waals surface area contributed by atoms with Crippen molar-refractivity contribution in [2.75, 3.05) is 5.73 Å². The number of hydrogen-bond acceptors (Lipinski definition) is 7. The van der Waals surface area contributed by atoms with Crippen molar-refractivity contribution in [3.05, 3.63) is 33.9 Å². The van der Waals surface area contributed by atoms with Crippen molar-refractivity contribution < 1.29 is 13.8 Å². The van der Waals surface area contributed by atoms with Crippen LogP contribution in [-0.4, -0.2) is 15.1 Å². The van der Waals surface area contributed by atoms with Crippen molar-refractivity contribution in [1.82, 2.24) is 10.1 Å². The Balaban J connectivity index is 2.07. The van der Waals surface area contributed by atoms with Gasteiger partial charge >= 0.3 is 0 Å². The van der Waals surface area contributed by atoms with Crippen LogP contribution in [0.5, 0.6) is 0 Å². The smallest absolute Gasteiger partial charge is 0.295 e. The molecule has 1 aliphatic carbocycles. The first-order chi connectivity index (χ1) is 9.90. The maximum atomic E-state index is 13.5. The lowest BCUT2D eigenvalue weighted by Crippen LogP contribution is -2.44. The highest BCUT2D eigenvalue weighted by Gasteiger charge is 2.39. The summed E-state index contributed by atoms with van der Waals surface area (Å²) in [5, 5.41) is 14.6. The molecule has 0 radical (unpaired) electrons. The van der Waals surface area contributed by atoms with Crippen LogP contribution in [0, 0.1) is 15.9 Å². The number of aromatic nitrogens is 2. The molecule has 0 saturated heterocycles. The third-order valence-corrected chi connectivity index (χ3v) is 3.67. The lowest BCUT2D eigenvalue weighted by molar-refractivity contribution is -0.384. The van der Waals surface area contributed by atoms with Gasteiger partial charge in [-0.2, -0.15) is 4.98 Å². The second-order valence-electron chi connectivity index (χ2n) is 5.08. The van der Waals surface area contributed by atoms with Gasteiger partial charge < -0.3 is 16.0 Å². The van der Waals surface area contributed by atoms with Gasteiger partial charge in [0.25, 0.3) is 11.6 Å². The zero-order chi connectivity index (χ0) is 15.2. The van der Waals surface area contributed by atoms with Crippen LogP contribution >= 0.6 is 0 Å². The van der Waals surface area contributed by atoms with E-state index in [-0.39, 0.29) is 17.1 Å². The molecule has 1 heterocycles. The van der Waals surface area contributed by atoms with Crippen LogP contribution in [0.4, 0.5) is 15.8 Å². The standard InChI is InChI=1S/C12H12FN5O3/c13-6-4-7(9(14)8(5-6)18(19)20)10-16-11(17-21-10)12(15)2-1-3-12/h4-5H,1-3,14-15H2. The highest BCUT2D eigenvalue weighted by atomic mass is 19.1. The van der Waals surface area contributed by atoms with E-state index < -0.39 is 22.0 Å². The molecule has 0 amide bonds. The summed E-state index contributed by atoms with van der Waals surface area (Å²) in [6, 6.07) is 1.76. The molecular formula is C12H12FN5O3. The summed E-state index contributed by atoms with van der Waals surface area (Å²) < 4.78 is 18.5. The van der Waals surface area contributed by atoms with Gasteiger partial charge in [-0.1, -0.05) is 5.16 Å². The van der Waals surface area contributed by atoms with E-state index >= 15 is 0 Å². The van der Waals surface area contributed by atoms with Crippen molar-refractivity contribution in [3.8, 4) is 11.5 Å². The molecule has 0 atom stereocenters. The molecule has 1 fully saturated rings. The van der Waals surface area contributed by atoms with Gasteiger partial charge in [-0.25, -0.2) is 4.39 Å². The van der Waals surface area contributed by atoms with E-state index in [4.69, 9.17) is 16.0 Å². The quantitative estimate of drug-likeness (QED) is 0.499. The van der Waals surface area contributed by atoms with Crippen LogP contribution in [-0.2, 0) is 5.54 Å². The highest BCUT2D eigenvalue weighted by molar-refractivity contribution is 5.78. The zero-order valence-corrected chi connectivity index (χ0v) is 10.9. The van der Waals surface area contributed by atoms with Crippen molar-refractivity contribution in [2.45, 2.75) is 24.8 Å². The number of halogens is 1. The Morgan fingerprint density at radius 3 is 2.71 bits per heavy atom. The summed E-state index contributed by atoms with van der Waals surface area (Å²) in [6.45, 7) is 0. The van der Waals surface area contributed by atoms with Gasteiger partial charge in [0.2, 0.25) is 0 Å². The Hall–Kier alpha value is -2.55. The molecule has 0 spiro atoms. The SMILES string of the molecule is Nc1c(-c2nc(C3(N)CCC3)no2)cc(F)cc1[N+](=O)[O-]. The first kappa shape index (κ1) is 13.4. The number of nitro groups is 1. The molecular weight excluding hydrogens is 281 g/mol. The van der Waals surface area contributed by atoms with E-state index in [2.05, 4.69) is 10.1 Å². The second kappa shape index (κ2) is 4.48. The molecule has 0 aliphatic heterocycles. The first-order valence-electron chi connectivity index (χ1n) is 6.27. The number of nitrogens with zero attached hydrogens (tertiary/aromatic N) is 3. The topological polar surface area (TPSA) is 134 Å². The molecule has 110 valence electrons. The van der Waals surface area contributed by atoms with Gasteiger partial charge in [0, 0.05) is 0 Å². The van der Waals surface area contributed by atoms with Crippen LogP contribution in [0.2, 0.25) is 0 Å². The molecule has 1 aliphatic rings. The van der Waals surface area contributed by atoms with Crippen LogP contribution in [0.25, 0.3) is 11.5 Å². The number of benzene rings is 1. The minimum atomic E-state index is -0.809. The minimum Gasteiger partial charge on any atom is -0.393 e. The van der Waals surface area contributed by atoms with Gasteiger partial charge in [0.15, 0.2) is 5.82 Å². The molecule has 1 aromatic carbocycles. The third kappa shape index (κ3) is 2.11. The van der Waals surface area contributed by atoms with Crippen molar-refractivity contribution in [3.63, 3.8) is 0 Å². The Labute approximate surface area is 118 Å². The third-order valence-electron chi connectivity index (χ3n) is 3.67. The van der Waals surface area contributed by atoms with Crippen molar-refractivity contribution in [1.29, 1.82) is 0 Å². The maximum absolute atomic E-state index is 13.5. The maximum Gasteiger partial charge on any atom is 0.295 e. The van der Waals surface area contributed by atoms with Gasteiger partial charge in [-0.15, -0.1) is 0 Å². The number of nitrogens with two attached hydrogens (primary N) is 2. The van der Waals surface area contributed by atoms with Gasteiger partial charge in [-0.05, 0) is 25.3 Å². The summed E-state index contributed by atoms with van der Waals surface area (Å²) in [4.78, 5) is 14.2. The van der Waals surface area contributed by atoms with E-state index in [1.54, 1.807) is 0 Å². The molecule has 4 N–H and O–H groups in total. The first-order valence-corrected chi connectivity index (χ1v) is 6.27. The largest absolute Gasteiger partial charge is 0.393 e. The monoisotopic (exact) mass is 293 g/mol. The molecule has 8 nitrogen and oxygen atoms in total. The van der Waals surface area contributed by atoms with Crippen molar-refractivity contribution in [2.24, 2.45) is 5.73 Å². The Morgan fingerprint density at radius 2 is 2.14 bits per heavy atom. The molecule has 21 heavy (non-hydrogen) atoms. The Bertz CT molecular complexity index is 726. The van der Waals surface area contributed by atoms with Crippen LogP contribution in [0.3, 0.4) is 0 Å². The summed E-state index contributed by atoms with van der Waals surface area (Å²) in [7, 11) is 0. The molecule has 2 aromatic rings. The average molecular weight is 293 g/mol. The normalized spacial score (nSPS) is 16.5. The number of hydrogen-bond donors (Lipinski definition) is 2. The van der Waals surface area contributed by atoms with E-state index in [9.17, 15) is 14.5 Å². The predicted molar refractivity (Wildman–Crippen MR) is 70.5 cm³/mol. The van der Waals surface area contributed by atoms with E-state index in [0.29, 0.717) is 5.82 Å². The number of nitro benzene ring substituents is 1. The molecule has 1 saturated carbocycles. The lowest BCUT2D eigenvalue weighted by atomic mass is 9.77. The molecule has 9 heteroatoms. The second-order valence-corrected chi connectivity index (χ2v) is 5.08.